The lowest BCUT2D eigenvalue weighted by Crippen LogP contribution is -2.14. The van der Waals surface area contributed by atoms with Gasteiger partial charge in [-0.15, -0.1) is 11.3 Å². The number of nitrogens with zero attached hydrogens (tertiary/aromatic N) is 2. The van der Waals surface area contributed by atoms with Crippen LogP contribution >= 0.6 is 22.9 Å². The first-order valence-electron chi connectivity index (χ1n) is 8.68. The van der Waals surface area contributed by atoms with E-state index in [1.165, 1.54) is 11.3 Å². The van der Waals surface area contributed by atoms with E-state index in [9.17, 15) is 9.59 Å². The molecule has 3 aromatic rings. The Bertz CT molecular complexity index is 1100. The Morgan fingerprint density at radius 2 is 2.07 bits per heavy atom. The van der Waals surface area contributed by atoms with Crippen LogP contribution in [-0.2, 0) is 4.79 Å². The molecule has 0 aliphatic carbocycles. The van der Waals surface area contributed by atoms with E-state index in [-0.39, 0.29) is 30.4 Å². The molecule has 0 bridgehead atoms. The number of halogens is 1. The number of carbonyl (C=O) groups is 2. The second-order valence-corrected chi connectivity index (χ2v) is 7.84. The molecule has 2 heterocycles. The Kier molecular flexibility index (Phi) is 6.60. The summed E-state index contributed by atoms with van der Waals surface area (Å²) < 4.78 is 6.22. The highest BCUT2D eigenvalue weighted by atomic mass is 35.5. The summed E-state index contributed by atoms with van der Waals surface area (Å²) in [4.78, 5) is 28.9. The second kappa shape index (κ2) is 9.32. The number of thiophene rings is 1. The molecule has 6 nitrogen and oxygen atoms in total. The van der Waals surface area contributed by atoms with Crippen molar-refractivity contribution in [2.45, 2.75) is 19.8 Å². The van der Waals surface area contributed by atoms with Gasteiger partial charge in [0, 0.05) is 24.7 Å². The summed E-state index contributed by atoms with van der Waals surface area (Å²) in [5.74, 6) is 0.356. The number of nitrogens with one attached hydrogen (secondary N) is 1. The number of hydrogen-bond acceptors (Lipinski definition) is 6. The van der Waals surface area contributed by atoms with Crippen LogP contribution in [0.4, 0.5) is 5.69 Å². The van der Waals surface area contributed by atoms with E-state index >= 15 is 0 Å². The van der Waals surface area contributed by atoms with E-state index < -0.39 is 0 Å². The molecule has 0 radical (unpaired) electrons. The quantitative estimate of drug-likeness (QED) is 0.513. The lowest BCUT2D eigenvalue weighted by atomic mass is 10.1. The van der Waals surface area contributed by atoms with E-state index in [4.69, 9.17) is 21.6 Å². The molecule has 0 aliphatic heterocycles. The van der Waals surface area contributed by atoms with Crippen LogP contribution in [0.15, 0.2) is 48.7 Å². The predicted octanol–water partition coefficient (Wildman–Crippen LogP) is 5.37. The molecule has 0 fully saturated rings. The Morgan fingerprint density at radius 1 is 1.24 bits per heavy atom. The van der Waals surface area contributed by atoms with Gasteiger partial charge in [-0.1, -0.05) is 11.6 Å². The van der Waals surface area contributed by atoms with Crippen molar-refractivity contribution in [1.29, 1.82) is 5.26 Å². The number of aryl methyl sites for hydroxylation is 1. The van der Waals surface area contributed by atoms with Gasteiger partial charge in [0.05, 0.1) is 9.21 Å². The first kappa shape index (κ1) is 20.5. The van der Waals surface area contributed by atoms with Crippen molar-refractivity contribution in [2.24, 2.45) is 0 Å². The Morgan fingerprint density at radius 3 is 2.76 bits per heavy atom. The Balaban J connectivity index is 1.59. The van der Waals surface area contributed by atoms with Crippen molar-refractivity contribution in [3.8, 4) is 17.7 Å². The zero-order valence-electron chi connectivity index (χ0n) is 15.4. The molecule has 8 heteroatoms. The van der Waals surface area contributed by atoms with Crippen molar-refractivity contribution in [3.05, 3.63) is 69.0 Å². The summed E-state index contributed by atoms with van der Waals surface area (Å²) in [6, 6.07) is 13.8. The fourth-order valence-corrected chi connectivity index (χ4v) is 3.55. The number of ketones is 1. The van der Waals surface area contributed by atoms with Gasteiger partial charge in [-0.2, -0.15) is 5.26 Å². The van der Waals surface area contributed by atoms with E-state index in [0.29, 0.717) is 26.2 Å². The number of rotatable bonds is 7. The van der Waals surface area contributed by atoms with Gasteiger partial charge in [0.1, 0.15) is 17.4 Å². The highest BCUT2D eigenvalue weighted by Crippen LogP contribution is 2.27. The summed E-state index contributed by atoms with van der Waals surface area (Å²) in [6.07, 6.45) is 1.73. The van der Waals surface area contributed by atoms with Crippen LogP contribution in [0.1, 0.15) is 33.6 Å². The third-order valence-electron chi connectivity index (χ3n) is 4.01. The molecule has 0 aliphatic rings. The standard InChI is InChI=1S/C21H16ClN3O3S/c1-13-11-15(28-21-14(12-23)3-2-10-24-21)4-5-16(13)25-20(27)9-6-17(26)18-7-8-19(22)29-18/h2-5,7-8,10-11H,6,9H2,1H3,(H,25,27). The highest BCUT2D eigenvalue weighted by molar-refractivity contribution is 7.18. The fraction of sp³-hybridized carbons (Fsp3) is 0.143. The zero-order chi connectivity index (χ0) is 20.8. The molecule has 2 aromatic heterocycles. The number of amides is 1. The van der Waals surface area contributed by atoms with Gasteiger partial charge >= 0.3 is 0 Å². The number of ether oxygens (including phenoxy) is 1. The van der Waals surface area contributed by atoms with Gasteiger partial charge in [0.2, 0.25) is 11.8 Å². The SMILES string of the molecule is Cc1cc(Oc2ncccc2C#N)ccc1NC(=O)CCC(=O)c1ccc(Cl)s1. The second-order valence-electron chi connectivity index (χ2n) is 6.12. The molecule has 146 valence electrons. The minimum atomic E-state index is -0.255. The van der Waals surface area contributed by atoms with Crippen molar-refractivity contribution in [1.82, 2.24) is 4.98 Å². The number of aromatic nitrogens is 1. The van der Waals surface area contributed by atoms with Crippen LogP contribution in [0.25, 0.3) is 0 Å². The molecule has 0 spiro atoms. The van der Waals surface area contributed by atoms with Crippen LogP contribution in [0.5, 0.6) is 11.6 Å². The summed E-state index contributed by atoms with van der Waals surface area (Å²) in [5.41, 5.74) is 1.73. The van der Waals surface area contributed by atoms with Crippen LogP contribution in [0.2, 0.25) is 4.34 Å². The van der Waals surface area contributed by atoms with Gasteiger partial charge in [-0.05, 0) is 55.0 Å². The van der Waals surface area contributed by atoms with Crippen molar-refractivity contribution in [2.75, 3.05) is 5.32 Å². The number of pyridine rings is 1. The number of nitriles is 1. The van der Waals surface area contributed by atoms with Gasteiger partial charge in [0.15, 0.2) is 5.78 Å². The Hall–Kier alpha value is -3.21. The van der Waals surface area contributed by atoms with Gasteiger partial charge < -0.3 is 10.1 Å². The van der Waals surface area contributed by atoms with Crippen molar-refractivity contribution in [3.63, 3.8) is 0 Å². The minimum absolute atomic E-state index is 0.0749. The first-order chi connectivity index (χ1) is 14.0. The van der Waals surface area contributed by atoms with Crippen molar-refractivity contribution < 1.29 is 14.3 Å². The lowest BCUT2D eigenvalue weighted by Gasteiger charge is -2.11. The zero-order valence-corrected chi connectivity index (χ0v) is 17.0. The highest BCUT2D eigenvalue weighted by Gasteiger charge is 2.13. The summed E-state index contributed by atoms with van der Waals surface area (Å²) >= 11 is 7.03. The van der Waals surface area contributed by atoms with E-state index in [2.05, 4.69) is 10.3 Å². The number of carbonyl (C=O) groups excluding carboxylic acids is 2. The molecule has 1 aromatic carbocycles. The normalized spacial score (nSPS) is 10.2. The largest absolute Gasteiger partial charge is 0.438 e. The molecular formula is C21H16ClN3O3S. The summed E-state index contributed by atoms with van der Waals surface area (Å²) in [6.45, 7) is 1.82. The van der Waals surface area contributed by atoms with Crippen LogP contribution in [0.3, 0.4) is 0 Å². The molecule has 3 rings (SSSR count). The number of Topliss-reactive ketones (excluding diaryl/α,β-unsaturated/α-hetero) is 1. The molecule has 0 saturated heterocycles. The molecule has 1 amide bonds. The monoisotopic (exact) mass is 425 g/mol. The first-order valence-corrected chi connectivity index (χ1v) is 9.87. The number of benzene rings is 1. The fourth-order valence-electron chi connectivity index (χ4n) is 2.54. The van der Waals surface area contributed by atoms with Gasteiger partial charge in [-0.25, -0.2) is 4.98 Å². The third-order valence-corrected chi connectivity index (χ3v) is 5.28. The molecular weight excluding hydrogens is 410 g/mol. The third kappa shape index (κ3) is 5.41. The van der Waals surface area contributed by atoms with Crippen molar-refractivity contribution >= 4 is 40.3 Å². The van der Waals surface area contributed by atoms with Gasteiger partial charge in [0.25, 0.3) is 0 Å². The number of hydrogen-bond donors (Lipinski definition) is 1. The molecule has 0 atom stereocenters. The predicted molar refractivity (Wildman–Crippen MR) is 112 cm³/mol. The van der Waals surface area contributed by atoms with Gasteiger partial charge in [-0.3, -0.25) is 9.59 Å². The molecule has 0 unspecified atom stereocenters. The Labute approximate surface area is 176 Å². The average molecular weight is 426 g/mol. The number of anilines is 1. The van der Waals surface area contributed by atoms with E-state index in [1.54, 1.807) is 48.7 Å². The van der Waals surface area contributed by atoms with E-state index in [1.807, 2.05) is 13.0 Å². The molecule has 0 saturated carbocycles. The summed E-state index contributed by atoms with van der Waals surface area (Å²) in [5, 5.41) is 11.9. The summed E-state index contributed by atoms with van der Waals surface area (Å²) in [7, 11) is 0. The maximum Gasteiger partial charge on any atom is 0.237 e. The molecule has 29 heavy (non-hydrogen) atoms. The topological polar surface area (TPSA) is 92.1 Å². The minimum Gasteiger partial charge on any atom is -0.438 e. The maximum absolute atomic E-state index is 12.2. The lowest BCUT2D eigenvalue weighted by molar-refractivity contribution is -0.116. The van der Waals surface area contributed by atoms with Crippen LogP contribution < -0.4 is 10.1 Å². The molecule has 1 N–H and O–H groups in total. The van der Waals surface area contributed by atoms with Crippen LogP contribution in [-0.4, -0.2) is 16.7 Å². The smallest absolute Gasteiger partial charge is 0.237 e. The van der Waals surface area contributed by atoms with Crippen LogP contribution in [0, 0.1) is 18.3 Å². The maximum atomic E-state index is 12.2. The van der Waals surface area contributed by atoms with E-state index in [0.717, 1.165) is 5.56 Å². The average Bonchev–Trinajstić information content (AvgIpc) is 3.15.